The largest absolute Gasteiger partial charge is 0.312 e. The highest BCUT2D eigenvalue weighted by Crippen LogP contribution is 2.26. The van der Waals surface area contributed by atoms with E-state index in [0.29, 0.717) is 0 Å². The molecule has 1 N–H and O–H groups in total. The number of nitrogens with zero attached hydrogens (tertiary/aromatic N) is 3. The van der Waals surface area contributed by atoms with Crippen LogP contribution >= 0.6 is 0 Å². The molecule has 2 unspecified atom stereocenters. The van der Waals surface area contributed by atoms with E-state index >= 15 is 0 Å². The molecule has 0 amide bonds. The first-order valence-corrected chi connectivity index (χ1v) is 8.71. The summed E-state index contributed by atoms with van der Waals surface area (Å²) in [5.74, 6) is 0. The molecule has 0 bridgehead atoms. The maximum absolute atomic E-state index is 3.85. The molecule has 4 nitrogen and oxygen atoms in total. The third-order valence-corrected chi connectivity index (χ3v) is 5.51. The Kier molecular flexibility index (Phi) is 5.32. The van der Waals surface area contributed by atoms with Crippen molar-refractivity contribution in [3.05, 3.63) is 0 Å². The highest BCUT2D eigenvalue weighted by Gasteiger charge is 2.34. The molecule has 116 valence electrons. The highest BCUT2D eigenvalue weighted by molar-refractivity contribution is 4.93. The Morgan fingerprint density at radius 2 is 1.80 bits per heavy atom. The average Bonchev–Trinajstić information content (AvgIpc) is 2.89. The molecule has 20 heavy (non-hydrogen) atoms. The van der Waals surface area contributed by atoms with Crippen molar-refractivity contribution in [2.75, 3.05) is 59.4 Å². The monoisotopic (exact) mass is 280 g/mol. The molecule has 0 saturated carbocycles. The topological polar surface area (TPSA) is 21.8 Å². The summed E-state index contributed by atoms with van der Waals surface area (Å²) in [4.78, 5) is 7.79. The molecule has 3 heterocycles. The van der Waals surface area contributed by atoms with Gasteiger partial charge in [-0.15, -0.1) is 0 Å². The zero-order valence-corrected chi connectivity index (χ0v) is 13.2. The second kappa shape index (κ2) is 7.21. The fourth-order valence-electron chi connectivity index (χ4n) is 4.15. The highest BCUT2D eigenvalue weighted by atomic mass is 15.2. The van der Waals surface area contributed by atoms with Crippen molar-refractivity contribution in [3.63, 3.8) is 0 Å². The van der Waals surface area contributed by atoms with Crippen LogP contribution in [0.15, 0.2) is 0 Å². The van der Waals surface area contributed by atoms with Gasteiger partial charge in [-0.1, -0.05) is 6.42 Å². The Morgan fingerprint density at radius 3 is 2.65 bits per heavy atom. The summed E-state index contributed by atoms with van der Waals surface area (Å²) in [5, 5.41) is 3.85. The molecule has 0 aromatic carbocycles. The lowest BCUT2D eigenvalue weighted by molar-refractivity contribution is 0.151. The van der Waals surface area contributed by atoms with Crippen molar-refractivity contribution in [2.45, 2.75) is 44.2 Å². The molecule has 0 radical (unpaired) electrons. The van der Waals surface area contributed by atoms with Gasteiger partial charge >= 0.3 is 0 Å². The van der Waals surface area contributed by atoms with Gasteiger partial charge in [0.15, 0.2) is 0 Å². The number of nitrogens with one attached hydrogen (secondary N) is 1. The number of piperidine rings is 1. The zero-order chi connectivity index (χ0) is 13.8. The first-order valence-electron chi connectivity index (χ1n) is 8.71. The number of fused-ring (bicyclic) bond motifs is 1. The number of rotatable bonds is 5. The zero-order valence-electron chi connectivity index (χ0n) is 13.2. The smallest absolute Gasteiger partial charge is 0.0249 e. The minimum atomic E-state index is 0.780. The molecule has 4 heteroatoms. The number of hydrogen-bond donors (Lipinski definition) is 1. The van der Waals surface area contributed by atoms with Crippen molar-refractivity contribution in [1.82, 2.24) is 20.0 Å². The van der Waals surface area contributed by atoms with Crippen LogP contribution in [0.2, 0.25) is 0 Å². The second-order valence-corrected chi connectivity index (χ2v) is 6.95. The molecule has 2 atom stereocenters. The summed E-state index contributed by atoms with van der Waals surface area (Å²) in [6.45, 7) is 10.2. The normalized spacial score (nSPS) is 33.5. The van der Waals surface area contributed by atoms with E-state index in [1.807, 2.05) is 0 Å². The number of hydrogen-bond acceptors (Lipinski definition) is 4. The second-order valence-electron chi connectivity index (χ2n) is 6.95. The first kappa shape index (κ1) is 14.8. The van der Waals surface area contributed by atoms with Crippen LogP contribution in [0, 0.1) is 0 Å². The molecule has 3 aliphatic rings. The van der Waals surface area contributed by atoms with E-state index in [-0.39, 0.29) is 0 Å². The lowest BCUT2D eigenvalue weighted by Crippen LogP contribution is -2.46. The Labute approximate surface area is 124 Å². The number of likely N-dealkylation sites (N-methyl/N-ethyl adjacent to an activating group) is 1. The Hall–Kier alpha value is -0.160. The summed E-state index contributed by atoms with van der Waals surface area (Å²) in [6, 6.07) is 1.63. The van der Waals surface area contributed by atoms with Crippen LogP contribution in [0.1, 0.15) is 32.1 Å². The van der Waals surface area contributed by atoms with Gasteiger partial charge in [0.2, 0.25) is 0 Å². The van der Waals surface area contributed by atoms with Crippen molar-refractivity contribution in [1.29, 1.82) is 0 Å². The minimum absolute atomic E-state index is 0.780. The molecular formula is C16H32N4. The van der Waals surface area contributed by atoms with Crippen molar-refractivity contribution < 1.29 is 0 Å². The van der Waals surface area contributed by atoms with Gasteiger partial charge in [0, 0.05) is 44.8 Å². The van der Waals surface area contributed by atoms with Gasteiger partial charge in [-0.2, -0.15) is 0 Å². The maximum atomic E-state index is 3.85. The predicted octanol–water partition coefficient (Wildman–Crippen LogP) is 0.840. The van der Waals surface area contributed by atoms with E-state index in [1.54, 1.807) is 0 Å². The van der Waals surface area contributed by atoms with Gasteiger partial charge in [0.05, 0.1) is 0 Å². The van der Waals surface area contributed by atoms with E-state index in [1.165, 1.54) is 84.5 Å². The van der Waals surface area contributed by atoms with E-state index in [0.717, 1.165) is 12.1 Å². The fourth-order valence-corrected chi connectivity index (χ4v) is 4.15. The summed E-state index contributed by atoms with van der Waals surface area (Å²) in [7, 11) is 2.23. The van der Waals surface area contributed by atoms with Crippen LogP contribution < -0.4 is 5.32 Å². The van der Waals surface area contributed by atoms with Gasteiger partial charge in [0.1, 0.15) is 0 Å². The first-order chi connectivity index (χ1) is 9.83. The van der Waals surface area contributed by atoms with Crippen molar-refractivity contribution >= 4 is 0 Å². The van der Waals surface area contributed by atoms with E-state index in [2.05, 4.69) is 27.1 Å². The lowest BCUT2D eigenvalue weighted by Gasteiger charge is -2.33. The molecule has 3 fully saturated rings. The molecule has 3 saturated heterocycles. The average molecular weight is 280 g/mol. The number of piperazine rings is 1. The fraction of sp³-hybridized carbons (Fsp3) is 1.00. The van der Waals surface area contributed by atoms with E-state index in [4.69, 9.17) is 0 Å². The van der Waals surface area contributed by atoms with Gasteiger partial charge in [-0.05, 0) is 52.4 Å². The maximum Gasteiger partial charge on any atom is 0.0249 e. The summed E-state index contributed by atoms with van der Waals surface area (Å²) in [5.41, 5.74) is 0. The van der Waals surface area contributed by atoms with Gasteiger partial charge < -0.3 is 15.1 Å². The van der Waals surface area contributed by atoms with E-state index < -0.39 is 0 Å². The molecular weight excluding hydrogens is 248 g/mol. The van der Waals surface area contributed by atoms with E-state index in [9.17, 15) is 0 Å². The van der Waals surface area contributed by atoms with Crippen LogP contribution in [0.5, 0.6) is 0 Å². The molecule has 0 aliphatic carbocycles. The summed E-state index contributed by atoms with van der Waals surface area (Å²) < 4.78 is 0. The minimum Gasteiger partial charge on any atom is -0.312 e. The van der Waals surface area contributed by atoms with Crippen LogP contribution in [0.25, 0.3) is 0 Å². The van der Waals surface area contributed by atoms with Crippen LogP contribution in [0.3, 0.4) is 0 Å². The predicted molar refractivity (Wildman–Crippen MR) is 84.2 cm³/mol. The van der Waals surface area contributed by atoms with Crippen LogP contribution in [-0.4, -0.2) is 86.2 Å². The van der Waals surface area contributed by atoms with Crippen molar-refractivity contribution in [2.24, 2.45) is 0 Å². The molecule has 0 aromatic heterocycles. The third-order valence-electron chi connectivity index (χ3n) is 5.51. The molecule has 3 aliphatic heterocycles. The summed E-state index contributed by atoms with van der Waals surface area (Å²) in [6.07, 6.45) is 6.98. The SMILES string of the molecule is CN1CCN(CCCNC2CCN3CCCCC23)CC1. The summed E-state index contributed by atoms with van der Waals surface area (Å²) >= 11 is 0. The Bertz CT molecular complexity index is 288. The van der Waals surface area contributed by atoms with Crippen molar-refractivity contribution in [3.8, 4) is 0 Å². The van der Waals surface area contributed by atoms with Crippen LogP contribution in [0.4, 0.5) is 0 Å². The van der Waals surface area contributed by atoms with Gasteiger partial charge in [-0.3, -0.25) is 4.90 Å². The van der Waals surface area contributed by atoms with Gasteiger partial charge in [0.25, 0.3) is 0 Å². The van der Waals surface area contributed by atoms with Gasteiger partial charge in [-0.25, -0.2) is 0 Å². The Morgan fingerprint density at radius 1 is 0.950 bits per heavy atom. The standard InChI is InChI=1S/C16H32N4/c1-18-11-13-19(14-12-18)8-4-7-17-15-6-10-20-9-3-2-5-16(15)20/h15-17H,2-14H2,1H3. The molecule has 0 spiro atoms. The molecule has 3 rings (SSSR count). The third kappa shape index (κ3) is 3.73. The quantitative estimate of drug-likeness (QED) is 0.753. The van der Waals surface area contributed by atoms with Crippen LogP contribution in [-0.2, 0) is 0 Å². The lowest BCUT2D eigenvalue weighted by atomic mass is 9.99. The molecule has 0 aromatic rings. The Balaban J connectivity index is 1.30.